The zero-order valence-electron chi connectivity index (χ0n) is 11.1. The van der Waals surface area contributed by atoms with Gasteiger partial charge in [-0.2, -0.15) is 0 Å². The number of halogens is 2. The van der Waals surface area contributed by atoms with Crippen molar-refractivity contribution in [2.45, 2.75) is 24.6 Å². The Morgan fingerprint density at radius 2 is 1.50 bits per heavy atom. The molecule has 3 nitrogen and oxygen atoms in total. The first-order valence-electron chi connectivity index (χ1n) is 6.13. The van der Waals surface area contributed by atoms with Crippen molar-refractivity contribution in [2.24, 2.45) is 5.41 Å². The Hall–Kier alpha value is -1.32. The van der Waals surface area contributed by atoms with Crippen molar-refractivity contribution in [1.29, 1.82) is 0 Å². The molecule has 0 heterocycles. The fourth-order valence-corrected chi connectivity index (χ4v) is 2.69. The maximum Gasteiger partial charge on any atom is 0.188 e. The molecule has 0 spiro atoms. The van der Waals surface area contributed by atoms with Gasteiger partial charge in [0, 0.05) is 11.0 Å². The summed E-state index contributed by atoms with van der Waals surface area (Å²) in [6.07, 6.45) is 0. The molecule has 1 N–H and O–H groups in total. The molecule has 0 saturated heterocycles. The van der Waals surface area contributed by atoms with Crippen LogP contribution in [-0.2, 0) is 9.59 Å². The maximum absolute atomic E-state index is 12.3. The predicted molar refractivity (Wildman–Crippen MR) is 79.1 cm³/mol. The van der Waals surface area contributed by atoms with Crippen molar-refractivity contribution < 1.29 is 14.7 Å². The van der Waals surface area contributed by atoms with Crippen LogP contribution in [0.3, 0.4) is 0 Å². The fraction of sp³-hybridized carbons (Fsp3) is 0.333. The van der Waals surface area contributed by atoms with Crippen LogP contribution in [0.1, 0.15) is 19.4 Å². The van der Waals surface area contributed by atoms with Gasteiger partial charge in [0.25, 0.3) is 0 Å². The van der Waals surface area contributed by atoms with E-state index in [2.05, 4.69) is 0 Å². The number of carbonyl (C=O) groups is 2. The van der Waals surface area contributed by atoms with Crippen LogP contribution in [0.4, 0.5) is 0 Å². The van der Waals surface area contributed by atoms with E-state index in [1.807, 2.05) is 0 Å². The number of ketones is 2. The van der Waals surface area contributed by atoms with Gasteiger partial charge in [-0.25, -0.2) is 0 Å². The average Bonchev–Trinajstić information content (AvgIpc) is 2.44. The molecule has 0 radical (unpaired) electrons. The zero-order valence-corrected chi connectivity index (χ0v) is 12.6. The Balaban J connectivity index is 2.57. The van der Waals surface area contributed by atoms with Crippen LogP contribution >= 0.6 is 23.2 Å². The SMILES string of the molecule is CC1(C)[C@H](Cl)C(=O)C(=C(O)c2ccccc2)C(=O)[C@@H]1Cl. The van der Waals surface area contributed by atoms with Gasteiger partial charge in [-0.3, -0.25) is 9.59 Å². The number of alkyl halides is 2. The third-order valence-corrected chi connectivity index (χ3v) is 5.06. The number of hydrogen-bond donors (Lipinski definition) is 1. The smallest absolute Gasteiger partial charge is 0.188 e. The van der Waals surface area contributed by atoms with Gasteiger partial charge in [0.1, 0.15) is 22.1 Å². The van der Waals surface area contributed by atoms with Crippen LogP contribution in [0, 0.1) is 5.41 Å². The molecule has 1 saturated carbocycles. The second kappa shape index (κ2) is 5.23. The van der Waals surface area contributed by atoms with Crippen molar-refractivity contribution >= 4 is 40.5 Å². The maximum atomic E-state index is 12.3. The van der Waals surface area contributed by atoms with Crippen molar-refractivity contribution in [2.75, 3.05) is 0 Å². The molecule has 1 aliphatic carbocycles. The summed E-state index contributed by atoms with van der Waals surface area (Å²) in [6.45, 7) is 3.32. The second-order valence-electron chi connectivity index (χ2n) is 5.36. The monoisotopic (exact) mass is 312 g/mol. The lowest BCUT2D eigenvalue weighted by molar-refractivity contribution is -0.126. The molecule has 0 bridgehead atoms. The number of allylic oxidation sites excluding steroid dienone is 1. The molecule has 1 fully saturated rings. The number of Topliss-reactive ketones (excluding diaryl/α,β-unsaturated/α-hetero) is 2. The summed E-state index contributed by atoms with van der Waals surface area (Å²) in [5.41, 5.74) is -0.787. The Bertz CT molecular complexity index is 564. The number of aliphatic hydroxyl groups is 1. The van der Waals surface area contributed by atoms with E-state index >= 15 is 0 Å². The largest absolute Gasteiger partial charge is 0.506 e. The second-order valence-corrected chi connectivity index (χ2v) is 6.24. The van der Waals surface area contributed by atoms with Gasteiger partial charge in [0.2, 0.25) is 0 Å². The Kier molecular flexibility index (Phi) is 3.94. The van der Waals surface area contributed by atoms with Crippen LogP contribution in [0.5, 0.6) is 0 Å². The molecule has 1 aliphatic rings. The Morgan fingerprint density at radius 3 is 1.95 bits per heavy atom. The van der Waals surface area contributed by atoms with E-state index in [0.29, 0.717) is 5.56 Å². The highest BCUT2D eigenvalue weighted by molar-refractivity contribution is 6.48. The highest BCUT2D eigenvalue weighted by atomic mass is 35.5. The molecule has 2 atom stereocenters. The summed E-state index contributed by atoms with van der Waals surface area (Å²) in [6, 6.07) is 8.38. The molecular weight excluding hydrogens is 299 g/mol. The highest BCUT2D eigenvalue weighted by Gasteiger charge is 2.51. The first kappa shape index (κ1) is 15.1. The van der Waals surface area contributed by atoms with Crippen LogP contribution in [-0.4, -0.2) is 27.4 Å². The van der Waals surface area contributed by atoms with E-state index in [9.17, 15) is 14.7 Å². The molecular formula is C15H14Cl2O3. The zero-order chi connectivity index (χ0) is 15.1. The minimum Gasteiger partial charge on any atom is -0.506 e. The molecule has 1 aromatic rings. The van der Waals surface area contributed by atoms with Gasteiger partial charge in [-0.05, 0) is 0 Å². The van der Waals surface area contributed by atoms with Gasteiger partial charge in [-0.1, -0.05) is 44.2 Å². The summed E-state index contributed by atoms with van der Waals surface area (Å²) >= 11 is 12.2. The summed E-state index contributed by atoms with van der Waals surface area (Å²) in [4.78, 5) is 24.6. The van der Waals surface area contributed by atoms with Crippen LogP contribution in [0.15, 0.2) is 35.9 Å². The Labute approximate surface area is 127 Å². The first-order valence-corrected chi connectivity index (χ1v) is 7.01. The van der Waals surface area contributed by atoms with Crippen LogP contribution < -0.4 is 0 Å². The van der Waals surface area contributed by atoms with Crippen LogP contribution in [0.2, 0.25) is 0 Å². The summed E-state index contributed by atoms with van der Waals surface area (Å²) in [7, 11) is 0. The lowest BCUT2D eigenvalue weighted by Gasteiger charge is -2.37. The van der Waals surface area contributed by atoms with E-state index in [4.69, 9.17) is 23.2 Å². The highest BCUT2D eigenvalue weighted by Crippen LogP contribution is 2.42. The van der Waals surface area contributed by atoms with E-state index in [1.54, 1.807) is 44.2 Å². The number of hydrogen-bond acceptors (Lipinski definition) is 3. The normalized spacial score (nSPS) is 28.4. The average molecular weight is 313 g/mol. The lowest BCUT2D eigenvalue weighted by Crippen LogP contribution is -2.51. The number of rotatable bonds is 1. The standard InChI is InChI=1S/C15H14Cl2O3/c1-15(2)13(16)11(19)9(12(20)14(15)17)10(18)8-6-4-3-5-7-8/h3-7,13-14,18H,1-2H3/t13-,14+. The van der Waals surface area contributed by atoms with Crippen molar-refractivity contribution in [3.63, 3.8) is 0 Å². The van der Waals surface area contributed by atoms with Gasteiger partial charge in [0.15, 0.2) is 11.6 Å². The number of carbonyl (C=O) groups excluding carboxylic acids is 2. The van der Waals surface area contributed by atoms with E-state index in [1.165, 1.54) is 0 Å². The number of benzene rings is 1. The Morgan fingerprint density at radius 1 is 1.05 bits per heavy atom. The van der Waals surface area contributed by atoms with E-state index < -0.39 is 27.7 Å². The third-order valence-electron chi connectivity index (χ3n) is 3.54. The molecule has 0 amide bonds. The molecule has 2 rings (SSSR count). The summed E-state index contributed by atoms with van der Waals surface area (Å²) in [5, 5.41) is 8.30. The van der Waals surface area contributed by atoms with Crippen molar-refractivity contribution in [3.8, 4) is 0 Å². The minimum absolute atomic E-state index is 0.310. The first-order chi connectivity index (χ1) is 9.28. The van der Waals surface area contributed by atoms with Gasteiger partial charge in [0.05, 0.1) is 0 Å². The number of aliphatic hydroxyl groups excluding tert-OH is 1. The summed E-state index contributed by atoms with van der Waals surface area (Å²) in [5.74, 6) is -1.53. The lowest BCUT2D eigenvalue weighted by atomic mass is 9.72. The van der Waals surface area contributed by atoms with Crippen molar-refractivity contribution in [1.82, 2.24) is 0 Å². The van der Waals surface area contributed by atoms with Gasteiger partial charge < -0.3 is 5.11 Å². The molecule has 106 valence electrons. The predicted octanol–water partition coefficient (Wildman–Crippen LogP) is 3.35. The molecule has 0 unspecified atom stereocenters. The van der Waals surface area contributed by atoms with Gasteiger partial charge >= 0.3 is 0 Å². The fourth-order valence-electron chi connectivity index (χ4n) is 2.15. The minimum atomic E-state index is -0.955. The van der Waals surface area contributed by atoms with Crippen LogP contribution in [0.25, 0.3) is 5.76 Å². The molecule has 0 aromatic heterocycles. The molecule has 1 aromatic carbocycles. The summed E-state index contributed by atoms with van der Waals surface area (Å²) < 4.78 is 0. The van der Waals surface area contributed by atoms with E-state index in [-0.39, 0.29) is 11.3 Å². The third kappa shape index (κ3) is 2.25. The van der Waals surface area contributed by atoms with Crippen molar-refractivity contribution in [3.05, 3.63) is 41.5 Å². The van der Waals surface area contributed by atoms with Gasteiger partial charge in [-0.15, -0.1) is 23.2 Å². The van der Waals surface area contributed by atoms with E-state index in [0.717, 1.165) is 0 Å². The quantitative estimate of drug-likeness (QED) is 0.374. The topological polar surface area (TPSA) is 54.4 Å². The molecule has 20 heavy (non-hydrogen) atoms. The molecule has 5 heteroatoms. The molecule has 0 aliphatic heterocycles.